The molecule has 2 N–H and O–H groups in total. The minimum absolute atomic E-state index is 0.158. The van der Waals surface area contributed by atoms with Crippen molar-refractivity contribution in [2.75, 3.05) is 12.0 Å². The molecule has 0 bridgehead atoms. The van der Waals surface area contributed by atoms with Gasteiger partial charge in [0.15, 0.2) is 11.5 Å². The molecule has 0 saturated carbocycles. The van der Waals surface area contributed by atoms with Gasteiger partial charge in [-0.15, -0.1) is 0 Å². The maximum atomic E-state index is 12.8. The van der Waals surface area contributed by atoms with E-state index in [9.17, 15) is 19.5 Å². The number of phenolic OH excluding ortho intramolecular Hbond substituents is 1. The number of carbonyl (C=O) groups excluding carboxylic acids is 3. The molecule has 2 aromatic carbocycles. The number of amides is 4. The third-order valence-corrected chi connectivity index (χ3v) is 4.49. The summed E-state index contributed by atoms with van der Waals surface area (Å²) in [5, 5.41) is 12.8. The molecule has 0 radical (unpaired) electrons. The van der Waals surface area contributed by atoms with Crippen molar-refractivity contribution in [1.82, 2.24) is 5.32 Å². The molecular formula is C18H12BrClN2O5. The maximum absolute atomic E-state index is 12.8. The van der Waals surface area contributed by atoms with Crippen LogP contribution in [-0.4, -0.2) is 30.1 Å². The van der Waals surface area contributed by atoms with Crippen LogP contribution in [0, 0.1) is 0 Å². The van der Waals surface area contributed by atoms with Crippen molar-refractivity contribution in [2.45, 2.75) is 0 Å². The van der Waals surface area contributed by atoms with Crippen LogP contribution in [0.15, 0.2) is 46.4 Å². The summed E-state index contributed by atoms with van der Waals surface area (Å²) in [7, 11) is 1.37. The number of aromatic hydroxyl groups is 1. The number of carbonyl (C=O) groups is 3. The number of rotatable bonds is 3. The van der Waals surface area contributed by atoms with E-state index in [2.05, 4.69) is 21.2 Å². The molecular weight excluding hydrogens is 440 g/mol. The van der Waals surface area contributed by atoms with Gasteiger partial charge in [-0.05, 0) is 42.5 Å². The number of anilines is 1. The van der Waals surface area contributed by atoms with E-state index in [0.717, 1.165) is 4.90 Å². The van der Waals surface area contributed by atoms with Crippen molar-refractivity contribution in [1.29, 1.82) is 0 Å². The van der Waals surface area contributed by atoms with Gasteiger partial charge in [-0.1, -0.05) is 27.5 Å². The van der Waals surface area contributed by atoms with Gasteiger partial charge < -0.3 is 9.84 Å². The fourth-order valence-corrected chi connectivity index (χ4v) is 3.08. The molecule has 3 rings (SSSR count). The fraction of sp³-hybridized carbons (Fsp3) is 0.0556. The molecule has 27 heavy (non-hydrogen) atoms. The zero-order valence-corrected chi connectivity index (χ0v) is 16.2. The van der Waals surface area contributed by atoms with Crippen LogP contribution in [0.2, 0.25) is 5.02 Å². The average molecular weight is 452 g/mol. The van der Waals surface area contributed by atoms with Gasteiger partial charge in [0.2, 0.25) is 0 Å². The van der Waals surface area contributed by atoms with Crippen LogP contribution in [0.1, 0.15) is 5.56 Å². The summed E-state index contributed by atoms with van der Waals surface area (Å²) in [5.74, 6) is -1.78. The van der Waals surface area contributed by atoms with Crippen LogP contribution in [0.4, 0.5) is 10.5 Å². The topological polar surface area (TPSA) is 95.9 Å². The van der Waals surface area contributed by atoms with E-state index in [1.54, 1.807) is 0 Å². The average Bonchev–Trinajstić information content (AvgIpc) is 2.62. The van der Waals surface area contributed by atoms with Crippen molar-refractivity contribution in [3.8, 4) is 11.5 Å². The molecule has 1 fully saturated rings. The lowest BCUT2D eigenvalue weighted by molar-refractivity contribution is -0.122. The highest BCUT2D eigenvalue weighted by Crippen LogP contribution is 2.35. The molecule has 2 aromatic rings. The number of ether oxygens (including phenoxy) is 1. The second kappa shape index (κ2) is 7.42. The van der Waals surface area contributed by atoms with E-state index in [1.165, 1.54) is 49.6 Å². The molecule has 9 heteroatoms. The lowest BCUT2D eigenvalue weighted by Crippen LogP contribution is -2.54. The number of nitrogens with zero attached hydrogens (tertiary/aromatic N) is 1. The Kier molecular flexibility index (Phi) is 5.20. The second-order valence-electron chi connectivity index (χ2n) is 5.48. The number of imide groups is 2. The summed E-state index contributed by atoms with van der Waals surface area (Å²) in [5.41, 5.74) is 0.0986. The highest BCUT2D eigenvalue weighted by molar-refractivity contribution is 9.10. The number of barbiturate groups is 1. The summed E-state index contributed by atoms with van der Waals surface area (Å²) in [4.78, 5) is 38.0. The van der Waals surface area contributed by atoms with Gasteiger partial charge in [-0.2, -0.15) is 0 Å². The van der Waals surface area contributed by atoms with Crippen LogP contribution in [-0.2, 0) is 9.59 Å². The van der Waals surface area contributed by atoms with Crippen LogP contribution in [0.3, 0.4) is 0 Å². The van der Waals surface area contributed by atoms with Gasteiger partial charge in [0.1, 0.15) is 5.57 Å². The first-order valence-corrected chi connectivity index (χ1v) is 8.72. The van der Waals surface area contributed by atoms with E-state index in [0.29, 0.717) is 9.50 Å². The van der Waals surface area contributed by atoms with E-state index in [-0.39, 0.29) is 28.3 Å². The van der Waals surface area contributed by atoms with E-state index < -0.39 is 17.8 Å². The van der Waals surface area contributed by atoms with Crippen LogP contribution in [0.25, 0.3) is 6.08 Å². The number of phenols is 1. The van der Waals surface area contributed by atoms with Gasteiger partial charge in [-0.3, -0.25) is 14.9 Å². The third-order valence-electron chi connectivity index (χ3n) is 3.78. The summed E-state index contributed by atoms with van der Waals surface area (Å²) >= 11 is 9.09. The number of benzene rings is 2. The molecule has 4 amide bonds. The summed E-state index contributed by atoms with van der Waals surface area (Å²) in [6.45, 7) is 0. The molecule has 138 valence electrons. The van der Waals surface area contributed by atoms with Gasteiger partial charge in [0.05, 0.1) is 12.8 Å². The van der Waals surface area contributed by atoms with Gasteiger partial charge in [0, 0.05) is 15.1 Å². The lowest BCUT2D eigenvalue weighted by atomic mass is 10.1. The van der Waals surface area contributed by atoms with Gasteiger partial charge >= 0.3 is 6.03 Å². The summed E-state index contributed by atoms with van der Waals surface area (Å²) in [6.07, 6.45) is 1.19. The molecule has 0 aliphatic carbocycles. The maximum Gasteiger partial charge on any atom is 0.335 e. The summed E-state index contributed by atoms with van der Waals surface area (Å²) in [6, 6.07) is 8.16. The molecule has 0 spiro atoms. The summed E-state index contributed by atoms with van der Waals surface area (Å²) < 4.78 is 5.62. The zero-order valence-electron chi connectivity index (χ0n) is 13.8. The highest BCUT2D eigenvalue weighted by Gasteiger charge is 2.37. The van der Waals surface area contributed by atoms with E-state index >= 15 is 0 Å². The Bertz CT molecular complexity index is 988. The normalized spacial score (nSPS) is 15.9. The molecule has 1 aliphatic heterocycles. The first-order valence-electron chi connectivity index (χ1n) is 7.55. The van der Waals surface area contributed by atoms with Crippen molar-refractivity contribution in [3.63, 3.8) is 0 Å². The Balaban J connectivity index is 2.07. The predicted octanol–water partition coefficient (Wildman–Crippen LogP) is 3.48. The molecule has 0 aromatic heterocycles. The minimum Gasteiger partial charge on any atom is -0.504 e. The van der Waals surface area contributed by atoms with E-state index in [1.807, 2.05) is 0 Å². The van der Waals surface area contributed by atoms with Crippen molar-refractivity contribution < 1.29 is 24.2 Å². The smallest absolute Gasteiger partial charge is 0.335 e. The van der Waals surface area contributed by atoms with E-state index in [4.69, 9.17) is 16.3 Å². The van der Waals surface area contributed by atoms with Crippen molar-refractivity contribution in [2.24, 2.45) is 0 Å². The number of hydrogen-bond donors (Lipinski definition) is 2. The Morgan fingerprint density at radius 3 is 2.48 bits per heavy atom. The third kappa shape index (κ3) is 3.67. The van der Waals surface area contributed by atoms with Crippen molar-refractivity contribution >= 4 is 57.1 Å². The van der Waals surface area contributed by atoms with Crippen LogP contribution < -0.4 is 15.0 Å². The van der Waals surface area contributed by atoms with Crippen LogP contribution in [0.5, 0.6) is 11.5 Å². The first-order chi connectivity index (χ1) is 12.8. The minimum atomic E-state index is -0.875. The quantitative estimate of drug-likeness (QED) is 0.550. The molecule has 0 unspecified atom stereocenters. The predicted molar refractivity (Wildman–Crippen MR) is 103 cm³/mol. The Hall–Kier alpha value is -2.84. The monoisotopic (exact) mass is 450 g/mol. The Morgan fingerprint density at radius 2 is 1.85 bits per heavy atom. The molecule has 0 atom stereocenters. The number of nitrogens with one attached hydrogen (secondary N) is 1. The molecule has 1 heterocycles. The van der Waals surface area contributed by atoms with Gasteiger partial charge in [-0.25, -0.2) is 9.69 Å². The zero-order chi connectivity index (χ0) is 19.7. The molecule has 7 nitrogen and oxygen atoms in total. The number of hydrogen-bond acceptors (Lipinski definition) is 5. The van der Waals surface area contributed by atoms with Crippen LogP contribution >= 0.6 is 27.5 Å². The standard InChI is InChI=1S/C18H12BrClN2O5/c1-27-14-8-10(19)6-9(15(14)23)7-13-16(24)21-18(26)22(17(13)25)12-4-2-11(20)3-5-12/h2-8,23H,1H3,(H,21,24,26)/b13-7-. The molecule has 1 aliphatic rings. The molecule has 1 saturated heterocycles. The van der Waals surface area contributed by atoms with Crippen molar-refractivity contribution in [3.05, 3.63) is 57.0 Å². The number of urea groups is 1. The highest BCUT2D eigenvalue weighted by atomic mass is 79.9. The Morgan fingerprint density at radius 1 is 1.19 bits per heavy atom. The second-order valence-corrected chi connectivity index (χ2v) is 6.83. The largest absolute Gasteiger partial charge is 0.504 e. The SMILES string of the molecule is COc1cc(Br)cc(/C=C2/C(=O)NC(=O)N(c3ccc(Cl)cc3)C2=O)c1O. The fourth-order valence-electron chi connectivity index (χ4n) is 2.50. The number of methoxy groups -OCH3 is 1. The first kappa shape index (κ1) is 18.9. The van der Waals surface area contributed by atoms with Gasteiger partial charge in [0.25, 0.3) is 11.8 Å². The Labute approximate surface area is 167 Å². The number of halogens is 2. The lowest BCUT2D eigenvalue weighted by Gasteiger charge is -2.26.